The Morgan fingerprint density at radius 1 is 0.710 bits per heavy atom. The van der Waals surface area contributed by atoms with Gasteiger partial charge in [-0.05, 0) is 103 Å². The van der Waals surface area contributed by atoms with Crippen LogP contribution >= 0.6 is 23.2 Å². The first-order valence-electron chi connectivity index (χ1n) is 21.5. The van der Waals surface area contributed by atoms with E-state index in [4.69, 9.17) is 35.0 Å². The highest BCUT2D eigenvalue weighted by Crippen LogP contribution is 2.47. The second-order valence-electron chi connectivity index (χ2n) is 15.5. The van der Waals surface area contributed by atoms with Gasteiger partial charge in [0.2, 0.25) is 0 Å². The zero-order chi connectivity index (χ0) is 48.7. The van der Waals surface area contributed by atoms with E-state index in [1.54, 1.807) is 80.6 Å². The van der Waals surface area contributed by atoms with Crippen LogP contribution in [0.4, 0.5) is 28.4 Å². The van der Waals surface area contributed by atoms with E-state index in [9.17, 15) is 15.0 Å². The molecule has 69 heavy (non-hydrogen) atoms. The highest BCUT2D eigenvalue weighted by Gasteiger charge is 2.23. The van der Waals surface area contributed by atoms with E-state index in [2.05, 4.69) is 60.6 Å². The number of nitriles is 1. The van der Waals surface area contributed by atoms with E-state index in [1.807, 2.05) is 84.9 Å². The van der Waals surface area contributed by atoms with Crippen LogP contribution in [0.15, 0.2) is 179 Å². The predicted octanol–water partition coefficient (Wildman–Crippen LogP) is 14.5. The number of fused-ring (bicyclic) bond motifs is 2. The minimum atomic E-state index is -0.329. The fraction of sp³-hybridized carbons (Fsp3) is 0.0536. The minimum absolute atomic E-state index is 0.152. The van der Waals surface area contributed by atoms with Crippen molar-refractivity contribution in [2.24, 2.45) is 10.2 Å². The molecule has 340 valence electrons. The monoisotopic (exact) mass is 946 g/mol. The zero-order valence-corrected chi connectivity index (χ0v) is 38.9. The molecular weight excluding hydrogens is 904 g/mol. The Kier molecular flexibility index (Phi) is 16.1. The maximum absolute atomic E-state index is 13.3. The third-order valence-corrected chi connectivity index (χ3v) is 11.1. The lowest BCUT2D eigenvalue weighted by Crippen LogP contribution is -2.19. The molecule has 0 fully saturated rings. The molecule has 0 bridgehead atoms. The van der Waals surface area contributed by atoms with Crippen molar-refractivity contribution in [3.8, 4) is 17.6 Å². The number of benzene rings is 8. The first-order chi connectivity index (χ1) is 33.5. The molecule has 1 aliphatic rings. The van der Waals surface area contributed by atoms with Crippen LogP contribution in [0, 0.1) is 17.9 Å². The lowest BCUT2D eigenvalue weighted by molar-refractivity contribution is 0.102. The van der Waals surface area contributed by atoms with E-state index in [0.29, 0.717) is 50.4 Å². The molecule has 11 nitrogen and oxygen atoms in total. The molecule has 0 atom stereocenters. The van der Waals surface area contributed by atoms with E-state index < -0.39 is 0 Å². The predicted molar refractivity (Wildman–Crippen MR) is 285 cm³/mol. The fourth-order valence-corrected chi connectivity index (χ4v) is 7.58. The maximum atomic E-state index is 13.3. The molecule has 13 heteroatoms. The van der Waals surface area contributed by atoms with E-state index in [0.717, 1.165) is 55.4 Å². The maximum Gasteiger partial charge on any atom is 0.257 e. The second kappa shape index (κ2) is 23.0. The standard InChI is InChI=1S/C28H20Cl2N4O.C14H12N2O2.C14H12N2/c29-17-10-11-22(30)20(13-17)28(35)34-23-14-24(33-18-7-2-1-3-8-18)27-25-21(23)12-16-6-4-5-9-19(16)26(25)31-15-32-27;17-13-7-3-1-5-11(13)9-15-16-10-12-6-2-4-8-14(12)18;1-11(10-15)8-13-4-6-14(7-5-13)9-12(2)16-3/h1-14,31-33H,15H2,(H,34,35);1-10,17-18H;4-9H,1-2H3/b;;11-8+,12-9+. The van der Waals surface area contributed by atoms with Crippen LogP contribution < -0.4 is 21.3 Å². The molecule has 1 amide bonds. The normalized spacial score (nSPS) is 11.9. The Bertz CT molecular complexity index is 3270. The van der Waals surface area contributed by atoms with Crippen LogP contribution in [0.1, 0.15) is 46.5 Å². The summed E-state index contributed by atoms with van der Waals surface area (Å²) in [6.45, 7) is 11.0. The Hall–Kier alpha value is -8.87. The summed E-state index contributed by atoms with van der Waals surface area (Å²) in [6.07, 6.45) is 6.56. The van der Waals surface area contributed by atoms with Gasteiger partial charge in [-0.15, -0.1) is 0 Å². The van der Waals surface area contributed by atoms with Crippen molar-refractivity contribution in [1.29, 1.82) is 5.26 Å². The lowest BCUT2D eigenvalue weighted by Gasteiger charge is -2.27. The van der Waals surface area contributed by atoms with Gasteiger partial charge in [-0.2, -0.15) is 15.5 Å². The number of amides is 1. The number of nitrogens with zero attached hydrogens (tertiary/aromatic N) is 4. The van der Waals surface area contributed by atoms with Crippen molar-refractivity contribution in [1.82, 2.24) is 0 Å². The number of allylic oxidation sites excluding steroid dienone is 2. The van der Waals surface area contributed by atoms with Crippen molar-refractivity contribution in [2.75, 3.05) is 27.9 Å². The molecule has 0 spiro atoms. The highest BCUT2D eigenvalue weighted by molar-refractivity contribution is 6.36. The number of aromatic hydroxyl groups is 2. The minimum Gasteiger partial charge on any atom is -0.507 e. The molecule has 8 aromatic carbocycles. The molecule has 0 aliphatic carbocycles. The summed E-state index contributed by atoms with van der Waals surface area (Å²) in [5.41, 5.74) is 9.31. The summed E-state index contributed by atoms with van der Waals surface area (Å²) >= 11 is 12.5. The number of carbonyl (C=O) groups is 1. The van der Waals surface area contributed by atoms with Gasteiger partial charge in [-0.3, -0.25) is 4.79 Å². The molecule has 0 saturated carbocycles. The summed E-state index contributed by atoms with van der Waals surface area (Å²) in [6, 6.07) is 50.6. The topological polar surface area (TPSA) is 159 Å². The Morgan fingerprint density at radius 3 is 1.94 bits per heavy atom. The van der Waals surface area contributed by atoms with E-state index in [1.165, 1.54) is 12.4 Å². The SMILES string of the molecule is O=C(Nc1cc(Nc2ccccc2)c2c3c(c4ccccc4cc13)NCN2)c1cc(Cl)ccc1Cl.Oc1ccccc1C=NN=Cc1ccccc1O.[C-]#[N+]/C(C)=C/c1ccc(/C=C(\C)C#N)cc1. The van der Waals surface area contributed by atoms with Gasteiger partial charge >= 0.3 is 0 Å². The number of para-hydroxylation sites is 3. The molecule has 0 radical (unpaired) electrons. The molecule has 8 aromatic rings. The van der Waals surface area contributed by atoms with Crippen LogP contribution in [0.5, 0.6) is 11.5 Å². The number of nitrogens with one attached hydrogen (secondary N) is 4. The third kappa shape index (κ3) is 12.5. The van der Waals surface area contributed by atoms with Gasteiger partial charge in [0.1, 0.15) is 11.5 Å². The fourth-order valence-electron chi connectivity index (χ4n) is 7.21. The number of hydrogen-bond donors (Lipinski definition) is 6. The quantitative estimate of drug-likeness (QED) is 0.0276. The summed E-state index contributed by atoms with van der Waals surface area (Å²) in [5.74, 6) is -0.0251. The molecule has 0 aromatic heterocycles. The van der Waals surface area contributed by atoms with Gasteiger partial charge in [-0.1, -0.05) is 120 Å². The Labute approximate surface area is 409 Å². The van der Waals surface area contributed by atoms with E-state index in [-0.39, 0.29) is 17.4 Å². The molecule has 1 aliphatic heterocycles. The molecule has 9 rings (SSSR count). The average molecular weight is 948 g/mol. The largest absolute Gasteiger partial charge is 0.507 e. The van der Waals surface area contributed by atoms with Crippen LogP contribution in [-0.2, 0) is 0 Å². The first-order valence-corrected chi connectivity index (χ1v) is 22.2. The first kappa shape index (κ1) is 48.1. The van der Waals surface area contributed by atoms with Gasteiger partial charge in [0.25, 0.3) is 5.91 Å². The second-order valence-corrected chi connectivity index (χ2v) is 16.3. The number of phenolic OH excluding ortho intramolecular Hbond substituents is 2. The van der Waals surface area contributed by atoms with E-state index >= 15 is 0 Å². The van der Waals surface area contributed by atoms with Crippen LogP contribution in [-0.4, -0.2) is 35.2 Å². The number of hydrogen-bond acceptors (Lipinski definition) is 9. The highest BCUT2D eigenvalue weighted by atomic mass is 35.5. The van der Waals surface area contributed by atoms with Gasteiger partial charge < -0.3 is 31.5 Å². The molecule has 0 saturated heterocycles. The third-order valence-electron chi connectivity index (χ3n) is 10.5. The van der Waals surface area contributed by atoms with Crippen molar-refractivity contribution in [3.05, 3.63) is 218 Å². The summed E-state index contributed by atoms with van der Waals surface area (Å²) in [4.78, 5) is 16.6. The van der Waals surface area contributed by atoms with Crippen molar-refractivity contribution in [2.45, 2.75) is 13.8 Å². The summed E-state index contributed by atoms with van der Waals surface area (Å²) in [7, 11) is 0. The summed E-state index contributed by atoms with van der Waals surface area (Å²) < 4.78 is 0. The van der Waals surface area contributed by atoms with Crippen LogP contribution in [0.3, 0.4) is 0 Å². The number of halogens is 2. The molecule has 1 heterocycles. The number of carbonyl (C=O) groups excluding carboxylic acids is 1. The Morgan fingerprint density at radius 2 is 1.30 bits per heavy atom. The van der Waals surface area contributed by atoms with Gasteiger partial charge in [0.15, 0.2) is 5.70 Å². The molecule has 0 unspecified atom stereocenters. The van der Waals surface area contributed by atoms with Crippen molar-refractivity contribution < 1.29 is 15.0 Å². The zero-order valence-electron chi connectivity index (χ0n) is 37.4. The number of phenols is 2. The Balaban J connectivity index is 0.000000174. The number of rotatable bonds is 9. The average Bonchev–Trinajstić information content (AvgIpc) is 3.37. The van der Waals surface area contributed by atoms with Gasteiger partial charge in [-0.25, -0.2) is 4.85 Å². The van der Waals surface area contributed by atoms with Crippen LogP contribution in [0.2, 0.25) is 10.0 Å². The van der Waals surface area contributed by atoms with Gasteiger partial charge in [0, 0.05) is 43.6 Å². The summed E-state index contributed by atoms with van der Waals surface area (Å²) in [5, 5.41) is 53.7. The number of anilines is 5. The van der Waals surface area contributed by atoms with Crippen LogP contribution in [0.25, 0.3) is 38.5 Å². The lowest BCUT2D eigenvalue weighted by atomic mass is 9.96. The molecular formula is C56H44Cl2N8O3. The molecule has 6 N–H and O–H groups in total. The van der Waals surface area contributed by atoms with Gasteiger partial charge in [0.05, 0.1) is 65.1 Å². The van der Waals surface area contributed by atoms with Crippen molar-refractivity contribution in [3.63, 3.8) is 0 Å². The smallest absolute Gasteiger partial charge is 0.257 e. The van der Waals surface area contributed by atoms with Crippen molar-refractivity contribution >= 4 is 104 Å².